The number of allylic oxidation sites excluding steroid dienone is 1. The third kappa shape index (κ3) is 5.98. The molecular weight excluding hydrogens is 226 g/mol. The third-order valence-electron chi connectivity index (χ3n) is 2.99. The van der Waals surface area contributed by atoms with Crippen molar-refractivity contribution in [2.24, 2.45) is 7.05 Å². The first-order valence-electron chi connectivity index (χ1n) is 6.56. The van der Waals surface area contributed by atoms with Gasteiger partial charge in [-0.25, -0.2) is 0 Å². The van der Waals surface area contributed by atoms with Gasteiger partial charge in [0.25, 0.3) is 0 Å². The Kier molecular flexibility index (Phi) is 7.37. The fourth-order valence-corrected chi connectivity index (χ4v) is 1.79. The Hall–Kier alpha value is -1.13. The maximum atomic E-state index is 4.97. The second kappa shape index (κ2) is 8.89. The van der Waals surface area contributed by atoms with E-state index >= 15 is 0 Å². The van der Waals surface area contributed by atoms with E-state index in [-0.39, 0.29) is 0 Å². The van der Waals surface area contributed by atoms with Gasteiger partial charge in [0.1, 0.15) is 0 Å². The van der Waals surface area contributed by atoms with E-state index in [0.717, 1.165) is 39.0 Å². The van der Waals surface area contributed by atoms with Crippen molar-refractivity contribution in [1.82, 2.24) is 15.1 Å². The van der Waals surface area contributed by atoms with Gasteiger partial charge in [0, 0.05) is 32.6 Å². The number of aryl methyl sites for hydroxylation is 2. The van der Waals surface area contributed by atoms with Crippen molar-refractivity contribution >= 4 is 0 Å². The van der Waals surface area contributed by atoms with Crippen LogP contribution in [0.15, 0.2) is 23.9 Å². The molecule has 0 atom stereocenters. The molecule has 0 fully saturated rings. The first-order chi connectivity index (χ1) is 8.74. The summed E-state index contributed by atoms with van der Waals surface area (Å²) in [5.41, 5.74) is 2.74. The van der Waals surface area contributed by atoms with Gasteiger partial charge >= 0.3 is 0 Å². The van der Waals surface area contributed by atoms with Gasteiger partial charge in [-0.1, -0.05) is 11.6 Å². The van der Waals surface area contributed by atoms with Crippen LogP contribution in [0.2, 0.25) is 0 Å². The average molecular weight is 251 g/mol. The van der Waals surface area contributed by atoms with E-state index < -0.39 is 0 Å². The van der Waals surface area contributed by atoms with Gasteiger partial charge in [-0.3, -0.25) is 4.68 Å². The van der Waals surface area contributed by atoms with Crippen molar-refractivity contribution < 1.29 is 4.74 Å². The van der Waals surface area contributed by atoms with Crippen molar-refractivity contribution in [2.45, 2.75) is 26.2 Å². The Balaban J connectivity index is 2.12. The van der Waals surface area contributed by atoms with E-state index in [0.29, 0.717) is 0 Å². The Labute approximate surface area is 110 Å². The predicted molar refractivity (Wildman–Crippen MR) is 74.6 cm³/mol. The van der Waals surface area contributed by atoms with Gasteiger partial charge in [0.05, 0.1) is 6.61 Å². The van der Waals surface area contributed by atoms with Crippen LogP contribution in [0.5, 0.6) is 0 Å². The molecule has 4 nitrogen and oxygen atoms in total. The molecule has 0 aliphatic heterocycles. The number of ether oxygens (including phenoxy) is 1. The van der Waals surface area contributed by atoms with Gasteiger partial charge < -0.3 is 10.1 Å². The number of methoxy groups -OCH3 is 1. The zero-order chi connectivity index (χ0) is 13.2. The fourth-order valence-electron chi connectivity index (χ4n) is 1.79. The highest BCUT2D eigenvalue weighted by molar-refractivity contribution is 5.06. The summed E-state index contributed by atoms with van der Waals surface area (Å²) in [5.74, 6) is 0. The normalized spacial score (nSPS) is 12.1. The molecule has 0 saturated carbocycles. The Morgan fingerprint density at radius 1 is 1.50 bits per heavy atom. The summed E-state index contributed by atoms with van der Waals surface area (Å²) < 4.78 is 6.92. The van der Waals surface area contributed by atoms with Gasteiger partial charge in [0.15, 0.2) is 0 Å². The highest BCUT2D eigenvalue weighted by Crippen LogP contribution is 2.08. The molecule has 0 bridgehead atoms. The van der Waals surface area contributed by atoms with E-state index in [2.05, 4.69) is 29.5 Å². The lowest BCUT2D eigenvalue weighted by Gasteiger charge is -2.04. The van der Waals surface area contributed by atoms with Gasteiger partial charge in [-0.05, 0) is 38.8 Å². The third-order valence-corrected chi connectivity index (χ3v) is 2.99. The Morgan fingerprint density at radius 2 is 2.33 bits per heavy atom. The van der Waals surface area contributed by atoms with Gasteiger partial charge in [-0.15, -0.1) is 0 Å². The zero-order valence-corrected chi connectivity index (χ0v) is 11.8. The molecule has 0 unspecified atom stereocenters. The Morgan fingerprint density at radius 3 is 3.00 bits per heavy atom. The monoisotopic (exact) mass is 251 g/mol. The summed E-state index contributed by atoms with van der Waals surface area (Å²) in [7, 11) is 3.72. The summed E-state index contributed by atoms with van der Waals surface area (Å²) >= 11 is 0. The highest BCUT2D eigenvalue weighted by Gasteiger charge is 1.98. The molecule has 1 heterocycles. The number of aromatic nitrogens is 2. The van der Waals surface area contributed by atoms with Crippen molar-refractivity contribution in [3.05, 3.63) is 29.6 Å². The second-order valence-corrected chi connectivity index (χ2v) is 4.53. The zero-order valence-electron chi connectivity index (χ0n) is 11.8. The topological polar surface area (TPSA) is 39.1 Å². The number of hydrogen-bond acceptors (Lipinski definition) is 3. The lowest BCUT2D eigenvalue weighted by Crippen LogP contribution is -2.19. The number of rotatable bonds is 9. The van der Waals surface area contributed by atoms with E-state index in [4.69, 9.17) is 4.74 Å². The SMILES string of the molecule is COCCNCC/C=C(/C)CCc1ccnn1C. The van der Waals surface area contributed by atoms with Crippen LogP contribution >= 0.6 is 0 Å². The molecule has 0 aromatic carbocycles. The molecule has 1 N–H and O–H groups in total. The molecule has 18 heavy (non-hydrogen) atoms. The van der Waals surface area contributed by atoms with Crippen LogP contribution in [-0.4, -0.2) is 36.6 Å². The summed E-state index contributed by atoms with van der Waals surface area (Å²) in [5, 5.41) is 7.51. The van der Waals surface area contributed by atoms with Crippen molar-refractivity contribution in [3.8, 4) is 0 Å². The van der Waals surface area contributed by atoms with Crippen LogP contribution in [0.3, 0.4) is 0 Å². The molecule has 4 heteroatoms. The number of nitrogens with one attached hydrogen (secondary N) is 1. The van der Waals surface area contributed by atoms with E-state index in [1.54, 1.807) is 7.11 Å². The average Bonchev–Trinajstić information content (AvgIpc) is 2.77. The van der Waals surface area contributed by atoms with Crippen LogP contribution in [0.1, 0.15) is 25.5 Å². The summed E-state index contributed by atoms with van der Waals surface area (Å²) in [4.78, 5) is 0. The summed E-state index contributed by atoms with van der Waals surface area (Å²) in [6.07, 6.45) is 7.43. The van der Waals surface area contributed by atoms with Gasteiger partial charge in [0.2, 0.25) is 0 Å². The Bertz CT molecular complexity index is 358. The van der Waals surface area contributed by atoms with Gasteiger partial charge in [-0.2, -0.15) is 5.10 Å². The second-order valence-electron chi connectivity index (χ2n) is 4.53. The first kappa shape index (κ1) is 14.9. The molecule has 1 aromatic rings. The molecular formula is C14H25N3O. The molecule has 0 saturated heterocycles. The van der Waals surface area contributed by atoms with Crippen LogP contribution in [0.4, 0.5) is 0 Å². The molecule has 0 radical (unpaired) electrons. The maximum absolute atomic E-state index is 4.97. The molecule has 0 amide bonds. The van der Waals surface area contributed by atoms with E-state index in [1.165, 1.54) is 11.3 Å². The van der Waals surface area contributed by atoms with E-state index in [9.17, 15) is 0 Å². The van der Waals surface area contributed by atoms with Crippen molar-refractivity contribution in [3.63, 3.8) is 0 Å². The lowest BCUT2D eigenvalue weighted by atomic mass is 10.1. The molecule has 1 aromatic heterocycles. The molecule has 0 aliphatic rings. The minimum absolute atomic E-state index is 0.781. The smallest absolute Gasteiger partial charge is 0.0587 e. The summed E-state index contributed by atoms with van der Waals surface area (Å²) in [6.45, 7) is 4.93. The van der Waals surface area contributed by atoms with Crippen molar-refractivity contribution in [2.75, 3.05) is 26.8 Å². The minimum Gasteiger partial charge on any atom is -0.383 e. The molecule has 0 aliphatic carbocycles. The quantitative estimate of drug-likeness (QED) is 0.538. The number of nitrogens with zero attached hydrogens (tertiary/aromatic N) is 2. The lowest BCUT2D eigenvalue weighted by molar-refractivity contribution is 0.199. The van der Waals surface area contributed by atoms with Crippen molar-refractivity contribution in [1.29, 1.82) is 0 Å². The number of hydrogen-bond donors (Lipinski definition) is 1. The molecule has 1 rings (SSSR count). The van der Waals surface area contributed by atoms with Crippen LogP contribution in [-0.2, 0) is 18.2 Å². The standard InChI is InChI=1S/C14H25N3O/c1-13(5-4-9-15-11-12-18-3)6-7-14-8-10-16-17(14)2/h5,8,10,15H,4,6-7,9,11-12H2,1-3H3/b13-5-. The van der Waals surface area contributed by atoms with Crippen LogP contribution < -0.4 is 5.32 Å². The largest absolute Gasteiger partial charge is 0.383 e. The van der Waals surface area contributed by atoms with Crippen LogP contribution in [0.25, 0.3) is 0 Å². The fraction of sp³-hybridized carbons (Fsp3) is 0.643. The highest BCUT2D eigenvalue weighted by atomic mass is 16.5. The van der Waals surface area contributed by atoms with E-state index in [1.807, 2.05) is 17.9 Å². The molecule has 0 spiro atoms. The first-order valence-corrected chi connectivity index (χ1v) is 6.56. The predicted octanol–water partition coefficient (Wildman–Crippen LogP) is 1.93. The molecule has 102 valence electrons. The maximum Gasteiger partial charge on any atom is 0.0587 e. The van der Waals surface area contributed by atoms with Crippen LogP contribution in [0, 0.1) is 0 Å². The minimum atomic E-state index is 0.781. The summed E-state index contributed by atoms with van der Waals surface area (Å²) in [6, 6.07) is 2.08.